The van der Waals surface area contributed by atoms with Crippen LogP contribution in [-0.4, -0.2) is 52.7 Å². The third-order valence-electron chi connectivity index (χ3n) is 5.70. The normalized spacial score (nSPS) is 20.3. The summed E-state index contributed by atoms with van der Waals surface area (Å²) in [5.41, 5.74) is 1.89. The van der Waals surface area contributed by atoms with Crippen molar-refractivity contribution in [2.45, 2.75) is 38.7 Å². The van der Waals surface area contributed by atoms with Gasteiger partial charge in [0.1, 0.15) is 11.6 Å². The van der Waals surface area contributed by atoms with E-state index < -0.39 is 0 Å². The molecular weight excluding hydrogens is 428 g/mol. The molecule has 2 aromatic rings. The molecular formula is C23H29ClN6O2. The van der Waals surface area contributed by atoms with E-state index in [0.29, 0.717) is 46.0 Å². The zero-order valence-electron chi connectivity index (χ0n) is 18.4. The molecule has 1 saturated heterocycles. The van der Waals surface area contributed by atoms with Gasteiger partial charge in [-0.1, -0.05) is 17.7 Å². The number of nitrogens with zero attached hydrogens (tertiary/aromatic N) is 3. The zero-order chi connectivity index (χ0) is 22.6. The average molecular weight is 457 g/mol. The number of hydrogen-bond acceptors (Lipinski definition) is 7. The van der Waals surface area contributed by atoms with E-state index in [0.717, 1.165) is 39.0 Å². The number of anilines is 2. The van der Waals surface area contributed by atoms with E-state index in [1.165, 1.54) is 6.20 Å². The van der Waals surface area contributed by atoms with Gasteiger partial charge in [-0.3, -0.25) is 9.78 Å². The van der Waals surface area contributed by atoms with Crippen molar-refractivity contribution >= 4 is 29.1 Å². The molecule has 4 rings (SSSR count). The third-order valence-corrected chi connectivity index (χ3v) is 6.00. The second-order valence-electron chi connectivity index (χ2n) is 8.84. The minimum absolute atomic E-state index is 0.0900. The molecule has 1 amide bonds. The molecule has 0 aliphatic carbocycles. The lowest BCUT2D eigenvalue weighted by Crippen LogP contribution is -2.36. The lowest BCUT2D eigenvalue weighted by Gasteiger charge is -2.35. The fourth-order valence-electron chi connectivity index (χ4n) is 4.08. The molecule has 0 unspecified atom stereocenters. The van der Waals surface area contributed by atoms with Crippen molar-refractivity contribution in [2.75, 3.05) is 36.9 Å². The van der Waals surface area contributed by atoms with Crippen LogP contribution in [0, 0.1) is 5.92 Å². The average Bonchev–Trinajstić information content (AvgIpc) is 2.79. The number of halogens is 1. The molecule has 170 valence electrons. The number of hydrogen-bond donors (Lipinski definition) is 3. The summed E-state index contributed by atoms with van der Waals surface area (Å²) in [6, 6.07) is 1.73. The Morgan fingerprint density at radius 3 is 2.97 bits per heavy atom. The van der Waals surface area contributed by atoms with Gasteiger partial charge in [-0.2, -0.15) is 0 Å². The predicted molar refractivity (Wildman–Crippen MR) is 126 cm³/mol. The summed E-state index contributed by atoms with van der Waals surface area (Å²) in [5.74, 6) is 1.45. The Labute approximate surface area is 193 Å². The van der Waals surface area contributed by atoms with Crippen molar-refractivity contribution in [1.82, 2.24) is 20.3 Å². The molecule has 9 heteroatoms. The second-order valence-corrected chi connectivity index (χ2v) is 9.24. The molecule has 2 aliphatic rings. The van der Waals surface area contributed by atoms with Gasteiger partial charge in [0.25, 0.3) is 5.91 Å². The Bertz CT molecular complexity index is 1010. The van der Waals surface area contributed by atoms with Crippen LogP contribution in [0.3, 0.4) is 0 Å². The maximum Gasteiger partial charge on any atom is 0.253 e. The minimum atomic E-state index is -0.168. The number of amides is 1. The Morgan fingerprint density at radius 1 is 1.31 bits per heavy atom. The molecule has 2 aromatic heterocycles. The van der Waals surface area contributed by atoms with Crippen molar-refractivity contribution in [3.8, 4) is 11.3 Å². The summed E-state index contributed by atoms with van der Waals surface area (Å²) >= 11 is 6.40. The highest BCUT2D eigenvalue weighted by molar-refractivity contribution is 6.33. The van der Waals surface area contributed by atoms with Crippen LogP contribution >= 0.6 is 11.6 Å². The Balaban J connectivity index is 1.45. The molecule has 0 aromatic carbocycles. The maximum atomic E-state index is 12.5. The number of nitrogens with one attached hydrogen (secondary N) is 3. The fraction of sp³-hybridized carbons (Fsp3) is 0.478. The number of ether oxygens (including phenoxy) is 1. The maximum absolute atomic E-state index is 12.5. The van der Waals surface area contributed by atoms with Crippen LogP contribution in [0.25, 0.3) is 11.3 Å². The Hall–Kier alpha value is -2.55. The van der Waals surface area contributed by atoms with Crippen LogP contribution in [0.5, 0.6) is 0 Å². The zero-order valence-corrected chi connectivity index (χ0v) is 19.2. The van der Waals surface area contributed by atoms with E-state index >= 15 is 0 Å². The lowest BCUT2D eigenvalue weighted by molar-refractivity contribution is -0.113. The van der Waals surface area contributed by atoms with E-state index in [9.17, 15) is 4.79 Å². The van der Waals surface area contributed by atoms with Gasteiger partial charge >= 0.3 is 0 Å². The van der Waals surface area contributed by atoms with Gasteiger partial charge in [0.2, 0.25) is 0 Å². The number of rotatable bonds is 6. The standard InChI is InChI=1S/C23H29ClN6O2/c1-23(2)9-15(5-7-32-23)10-27-21-14-26-13-19(29-21)17-8-20(28-12-18(17)24)30-22(31)16-4-3-6-25-11-16/h4,8,12-15,25H,3,5-7,9-11H2,1-2H3,(H,27,29)(H,28,30,31)/t15-/m1/s1. The molecule has 0 spiro atoms. The minimum Gasteiger partial charge on any atom is -0.376 e. The summed E-state index contributed by atoms with van der Waals surface area (Å²) < 4.78 is 5.80. The lowest BCUT2D eigenvalue weighted by atomic mass is 9.88. The molecule has 0 bridgehead atoms. The molecule has 4 heterocycles. The number of pyridine rings is 1. The Morgan fingerprint density at radius 2 is 2.19 bits per heavy atom. The van der Waals surface area contributed by atoms with Crippen molar-refractivity contribution < 1.29 is 9.53 Å². The highest BCUT2D eigenvalue weighted by atomic mass is 35.5. The smallest absolute Gasteiger partial charge is 0.253 e. The SMILES string of the molecule is CC1(C)C[C@H](CNc2cncc(-c3cc(NC(=O)C4=CCCNC4)ncc3Cl)n2)CCO1. The van der Waals surface area contributed by atoms with Crippen LogP contribution in [0.1, 0.15) is 33.1 Å². The highest BCUT2D eigenvalue weighted by Gasteiger charge is 2.28. The fourth-order valence-corrected chi connectivity index (χ4v) is 4.28. The van der Waals surface area contributed by atoms with Crippen LogP contribution in [0.15, 0.2) is 36.3 Å². The molecule has 0 saturated carbocycles. The van der Waals surface area contributed by atoms with Gasteiger partial charge in [-0.05, 0) is 51.6 Å². The topological polar surface area (TPSA) is 101 Å². The van der Waals surface area contributed by atoms with Crippen molar-refractivity contribution in [3.63, 3.8) is 0 Å². The molecule has 3 N–H and O–H groups in total. The monoisotopic (exact) mass is 456 g/mol. The highest BCUT2D eigenvalue weighted by Crippen LogP contribution is 2.30. The quantitative estimate of drug-likeness (QED) is 0.609. The van der Waals surface area contributed by atoms with Gasteiger partial charge < -0.3 is 20.7 Å². The van der Waals surface area contributed by atoms with Gasteiger partial charge in [-0.25, -0.2) is 9.97 Å². The van der Waals surface area contributed by atoms with Crippen molar-refractivity contribution in [1.29, 1.82) is 0 Å². The van der Waals surface area contributed by atoms with Gasteiger partial charge in [0.05, 0.1) is 28.7 Å². The first kappa shape index (κ1) is 22.6. The largest absolute Gasteiger partial charge is 0.376 e. The Kier molecular flexibility index (Phi) is 7.03. The van der Waals surface area contributed by atoms with Crippen LogP contribution < -0.4 is 16.0 Å². The van der Waals surface area contributed by atoms with E-state index in [1.54, 1.807) is 18.5 Å². The molecule has 8 nitrogen and oxygen atoms in total. The summed E-state index contributed by atoms with van der Waals surface area (Å²) in [5, 5.41) is 9.88. The first-order chi connectivity index (χ1) is 15.4. The predicted octanol–water partition coefficient (Wildman–Crippen LogP) is 3.67. The second kappa shape index (κ2) is 9.94. The molecule has 1 fully saturated rings. The number of aromatic nitrogens is 3. The van der Waals surface area contributed by atoms with E-state index in [2.05, 4.69) is 44.7 Å². The van der Waals surface area contributed by atoms with Crippen LogP contribution in [-0.2, 0) is 9.53 Å². The number of carbonyl (C=O) groups is 1. The first-order valence-electron chi connectivity index (χ1n) is 11.0. The van der Waals surface area contributed by atoms with Crippen LogP contribution in [0.2, 0.25) is 5.02 Å². The van der Waals surface area contributed by atoms with Crippen molar-refractivity contribution in [2.24, 2.45) is 5.92 Å². The van der Waals surface area contributed by atoms with E-state index in [1.807, 2.05) is 6.08 Å². The number of carbonyl (C=O) groups excluding carboxylic acids is 1. The van der Waals surface area contributed by atoms with Crippen LogP contribution in [0.4, 0.5) is 11.6 Å². The summed E-state index contributed by atoms with van der Waals surface area (Å²) in [6.07, 6.45) is 9.68. The summed E-state index contributed by atoms with van der Waals surface area (Å²) in [4.78, 5) is 25.8. The third kappa shape index (κ3) is 5.82. The molecule has 2 aliphatic heterocycles. The van der Waals surface area contributed by atoms with Gasteiger partial charge in [-0.15, -0.1) is 0 Å². The van der Waals surface area contributed by atoms with Gasteiger partial charge in [0, 0.05) is 37.0 Å². The summed E-state index contributed by atoms with van der Waals surface area (Å²) in [6.45, 7) is 7.27. The summed E-state index contributed by atoms with van der Waals surface area (Å²) in [7, 11) is 0. The molecule has 32 heavy (non-hydrogen) atoms. The van der Waals surface area contributed by atoms with Crippen molar-refractivity contribution in [3.05, 3.63) is 41.3 Å². The first-order valence-corrected chi connectivity index (χ1v) is 11.3. The van der Waals surface area contributed by atoms with E-state index in [-0.39, 0.29) is 11.5 Å². The molecule has 0 radical (unpaired) electrons. The molecule has 1 atom stereocenters. The van der Waals surface area contributed by atoms with Gasteiger partial charge in [0.15, 0.2) is 0 Å². The van der Waals surface area contributed by atoms with E-state index in [4.69, 9.17) is 16.3 Å².